The number of hydrogen-bond donors (Lipinski definition) is 1. The average Bonchev–Trinajstić information content (AvgIpc) is 3.30. The van der Waals surface area contributed by atoms with Gasteiger partial charge in [-0.15, -0.1) is 16.4 Å². The molecule has 2 fully saturated rings. The Hall–Kier alpha value is -2.82. The van der Waals surface area contributed by atoms with Gasteiger partial charge in [-0.2, -0.15) is 18.2 Å². The molecule has 1 N–H and O–H groups in total. The Morgan fingerprint density at radius 2 is 2.23 bits per heavy atom. The number of nitrogens with zero attached hydrogens (tertiary/aromatic N) is 5. The Balaban J connectivity index is 1.35. The van der Waals surface area contributed by atoms with Gasteiger partial charge in [0, 0.05) is 19.4 Å². The monoisotopic (exact) mass is 450 g/mol. The average molecular weight is 450 g/mol. The summed E-state index contributed by atoms with van der Waals surface area (Å²) in [7, 11) is 2.01. The zero-order chi connectivity index (χ0) is 21.8. The molecule has 3 heterocycles. The van der Waals surface area contributed by atoms with Crippen LogP contribution in [0, 0.1) is 18.8 Å². The van der Waals surface area contributed by atoms with E-state index in [0.29, 0.717) is 17.8 Å². The topological polar surface area (TPSA) is 67.6 Å². The summed E-state index contributed by atoms with van der Waals surface area (Å²) in [6.07, 6.45) is 3.54. The van der Waals surface area contributed by atoms with Gasteiger partial charge < -0.3 is 15.0 Å². The van der Waals surface area contributed by atoms with Gasteiger partial charge in [-0.25, -0.2) is 9.50 Å². The van der Waals surface area contributed by atoms with E-state index in [-0.39, 0.29) is 17.4 Å². The van der Waals surface area contributed by atoms with Crippen molar-refractivity contribution in [1.82, 2.24) is 19.6 Å². The van der Waals surface area contributed by atoms with Crippen LogP contribution in [0.2, 0.25) is 0 Å². The van der Waals surface area contributed by atoms with Crippen LogP contribution >= 0.6 is 11.3 Å². The number of rotatable bonds is 6. The fourth-order valence-corrected chi connectivity index (χ4v) is 4.93. The lowest BCUT2D eigenvalue weighted by atomic mass is 9.53. The minimum absolute atomic E-state index is 0.0477. The molecule has 0 spiro atoms. The second-order valence-corrected chi connectivity index (χ2v) is 9.12. The van der Waals surface area contributed by atoms with Crippen LogP contribution in [-0.4, -0.2) is 45.5 Å². The number of halogens is 3. The molecule has 0 saturated heterocycles. The zero-order valence-electron chi connectivity index (χ0n) is 16.9. The highest BCUT2D eigenvalue weighted by molar-refractivity contribution is 7.15. The standard InChI is InChI=1S/C20H21F3N6OS/c1-11-24-8-16(31-11)28(2)9-14-12-5-6-13(12)17(14)25-19-26-18-15(30-10-20(21,22)23)4-3-7-29(18)27-19/h3-4,7-9,12-13,17H,5-6,10H2,1-2H3,(H,25,27)/b14-9+/t12?,13-,17-/m1/s1. The van der Waals surface area contributed by atoms with Gasteiger partial charge in [-0.1, -0.05) is 0 Å². The summed E-state index contributed by atoms with van der Waals surface area (Å²) >= 11 is 1.64. The molecule has 1 unspecified atom stereocenters. The van der Waals surface area contributed by atoms with E-state index in [0.717, 1.165) is 22.9 Å². The number of nitrogens with one attached hydrogen (secondary N) is 1. The Bertz CT molecular complexity index is 1140. The minimum atomic E-state index is -4.42. The maximum Gasteiger partial charge on any atom is 0.422 e. The quantitative estimate of drug-likeness (QED) is 0.605. The maximum absolute atomic E-state index is 12.5. The largest absolute Gasteiger partial charge is 0.480 e. The first-order chi connectivity index (χ1) is 14.8. The van der Waals surface area contributed by atoms with Crippen molar-refractivity contribution in [2.24, 2.45) is 11.8 Å². The lowest BCUT2D eigenvalue weighted by molar-refractivity contribution is -0.153. The van der Waals surface area contributed by atoms with Crippen LogP contribution in [0.15, 0.2) is 36.3 Å². The highest BCUT2D eigenvalue weighted by atomic mass is 32.1. The summed E-state index contributed by atoms with van der Waals surface area (Å²) in [6.45, 7) is 0.609. The van der Waals surface area contributed by atoms with Crippen molar-refractivity contribution in [3.63, 3.8) is 0 Å². The van der Waals surface area contributed by atoms with E-state index < -0.39 is 12.8 Å². The van der Waals surface area contributed by atoms with E-state index in [2.05, 4.69) is 31.5 Å². The Morgan fingerprint density at radius 1 is 1.39 bits per heavy atom. The normalized spacial score (nSPS) is 23.9. The van der Waals surface area contributed by atoms with Gasteiger partial charge in [-0.05, 0) is 49.3 Å². The Morgan fingerprint density at radius 3 is 2.90 bits per heavy atom. The van der Waals surface area contributed by atoms with E-state index in [1.807, 2.05) is 20.2 Å². The summed E-state index contributed by atoms with van der Waals surface area (Å²) in [6, 6.07) is 3.15. The molecular formula is C20H21F3N6OS. The summed E-state index contributed by atoms with van der Waals surface area (Å²) < 4.78 is 44.0. The molecule has 3 atom stereocenters. The molecule has 0 aromatic carbocycles. The number of alkyl halides is 3. The second kappa shape index (κ2) is 7.40. The summed E-state index contributed by atoms with van der Waals surface area (Å²) in [5, 5.41) is 9.85. The van der Waals surface area contributed by atoms with Crippen LogP contribution in [-0.2, 0) is 0 Å². The highest BCUT2D eigenvalue weighted by Gasteiger charge is 2.52. The van der Waals surface area contributed by atoms with Crippen LogP contribution in [0.3, 0.4) is 0 Å². The second-order valence-electron chi connectivity index (χ2n) is 7.91. The number of fused-ring (bicyclic) bond motifs is 2. The van der Waals surface area contributed by atoms with Gasteiger partial charge in [0.05, 0.1) is 17.2 Å². The van der Waals surface area contributed by atoms with Crippen molar-refractivity contribution >= 4 is 27.9 Å². The molecule has 0 radical (unpaired) electrons. The van der Waals surface area contributed by atoms with Crippen LogP contribution in [0.1, 0.15) is 17.8 Å². The van der Waals surface area contributed by atoms with Crippen molar-refractivity contribution in [2.75, 3.05) is 23.9 Å². The highest BCUT2D eigenvalue weighted by Crippen LogP contribution is 2.55. The number of anilines is 2. The van der Waals surface area contributed by atoms with Crippen molar-refractivity contribution < 1.29 is 17.9 Å². The summed E-state index contributed by atoms with van der Waals surface area (Å²) in [4.78, 5) is 10.8. The maximum atomic E-state index is 12.5. The van der Waals surface area contributed by atoms with Crippen molar-refractivity contribution in [3.8, 4) is 5.75 Å². The number of thiazole rings is 1. The molecule has 2 saturated carbocycles. The number of aryl methyl sites for hydroxylation is 1. The third-order valence-corrected chi connectivity index (χ3v) is 6.85. The molecule has 11 heteroatoms. The Labute approximate surface area is 180 Å². The third kappa shape index (κ3) is 3.82. The van der Waals surface area contributed by atoms with Gasteiger partial charge >= 0.3 is 6.18 Å². The first-order valence-electron chi connectivity index (χ1n) is 9.97. The predicted molar refractivity (Wildman–Crippen MR) is 111 cm³/mol. The molecule has 3 aromatic rings. The van der Waals surface area contributed by atoms with Crippen molar-refractivity contribution in [3.05, 3.63) is 41.3 Å². The van der Waals surface area contributed by atoms with Crippen molar-refractivity contribution in [1.29, 1.82) is 0 Å². The van der Waals surface area contributed by atoms with E-state index >= 15 is 0 Å². The van der Waals surface area contributed by atoms with Crippen LogP contribution in [0.5, 0.6) is 5.75 Å². The lowest BCUT2D eigenvalue weighted by Gasteiger charge is -2.55. The number of pyridine rings is 1. The van der Waals surface area contributed by atoms with Crippen LogP contribution in [0.25, 0.3) is 5.65 Å². The fraction of sp³-hybridized carbons (Fsp3) is 0.450. The van der Waals surface area contributed by atoms with Gasteiger partial charge in [0.1, 0.15) is 5.00 Å². The van der Waals surface area contributed by atoms with Gasteiger partial charge in [-0.3, -0.25) is 0 Å². The van der Waals surface area contributed by atoms with Crippen molar-refractivity contribution in [2.45, 2.75) is 32.0 Å². The SMILES string of the molecule is Cc1ncc(N(C)/C=C2\C3CC[C@H]3[C@H]2Nc2nc3c(OCC(F)(F)F)cccn3n2)s1. The first kappa shape index (κ1) is 20.1. The van der Waals surface area contributed by atoms with Gasteiger partial charge in [0.2, 0.25) is 5.95 Å². The molecular weight excluding hydrogens is 429 g/mol. The van der Waals surface area contributed by atoms with E-state index in [1.54, 1.807) is 23.6 Å². The summed E-state index contributed by atoms with van der Waals surface area (Å²) in [5.74, 6) is 1.50. The lowest BCUT2D eigenvalue weighted by Crippen LogP contribution is -2.55. The van der Waals surface area contributed by atoms with Gasteiger partial charge in [0.15, 0.2) is 18.0 Å². The molecule has 0 bridgehead atoms. The molecule has 3 aromatic heterocycles. The molecule has 2 aliphatic carbocycles. The Kier molecular flexibility index (Phi) is 4.80. The van der Waals surface area contributed by atoms with Crippen LogP contribution in [0.4, 0.5) is 24.1 Å². The number of hydrogen-bond acceptors (Lipinski definition) is 7. The molecule has 0 aliphatic heterocycles. The van der Waals surface area contributed by atoms with Crippen LogP contribution < -0.4 is 15.0 Å². The molecule has 0 amide bonds. The van der Waals surface area contributed by atoms with E-state index in [4.69, 9.17) is 4.74 Å². The number of ether oxygens (including phenoxy) is 1. The zero-order valence-corrected chi connectivity index (χ0v) is 17.7. The summed E-state index contributed by atoms with van der Waals surface area (Å²) in [5.41, 5.74) is 1.54. The molecule has 2 aliphatic rings. The minimum Gasteiger partial charge on any atom is -0.480 e. The number of aromatic nitrogens is 4. The smallest absolute Gasteiger partial charge is 0.422 e. The molecule has 7 nitrogen and oxygen atoms in total. The first-order valence-corrected chi connectivity index (χ1v) is 10.8. The molecule has 5 rings (SSSR count). The molecule has 164 valence electrons. The predicted octanol–water partition coefficient (Wildman–Crippen LogP) is 4.28. The van der Waals surface area contributed by atoms with E-state index in [9.17, 15) is 13.2 Å². The van der Waals surface area contributed by atoms with Gasteiger partial charge in [0.25, 0.3) is 0 Å². The fourth-order valence-electron chi connectivity index (χ4n) is 4.22. The molecule has 31 heavy (non-hydrogen) atoms. The van der Waals surface area contributed by atoms with E-state index in [1.165, 1.54) is 16.2 Å². The third-order valence-electron chi connectivity index (χ3n) is 5.85.